The number of methoxy groups -OCH3 is 1. The summed E-state index contributed by atoms with van der Waals surface area (Å²) in [7, 11) is -2.89. The molecular weight excluding hydrogens is 412 g/mol. The first kappa shape index (κ1) is 21.3. The Hall–Kier alpha value is -3.40. The molecule has 1 aliphatic heterocycles. The van der Waals surface area contributed by atoms with E-state index in [9.17, 15) is 22.8 Å². The summed E-state index contributed by atoms with van der Waals surface area (Å²) in [4.78, 5) is 37.0. The summed E-state index contributed by atoms with van der Waals surface area (Å²) in [5, 5.41) is 2.45. The molecule has 2 aromatic rings. The summed E-state index contributed by atoms with van der Waals surface area (Å²) >= 11 is 0. The van der Waals surface area contributed by atoms with Crippen LogP contribution in [-0.2, 0) is 20.6 Å². The second-order valence-corrected chi connectivity index (χ2v) is 8.28. The first-order valence-electron chi connectivity index (χ1n) is 9.01. The number of nitrogens with one attached hydrogen (secondary N) is 1. The van der Waals surface area contributed by atoms with Crippen LogP contribution in [0.1, 0.15) is 40.1 Å². The fourth-order valence-corrected chi connectivity index (χ4v) is 4.59. The quantitative estimate of drug-likeness (QED) is 0.666. The van der Waals surface area contributed by atoms with E-state index in [-0.39, 0.29) is 21.1 Å². The summed E-state index contributed by atoms with van der Waals surface area (Å²) in [5.74, 6) is -2.23. The minimum Gasteiger partial charge on any atom is -0.493 e. The number of sulfonamides is 1. The third-order valence-electron chi connectivity index (χ3n) is 4.34. The predicted octanol–water partition coefficient (Wildman–Crippen LogP) is 2.18. The molecular formula is C20H20N2O7S. The molecule has 2 aromatic carbocycles. The van der Waals surface area contributed by atoms with E-state index in [1.165, 1.54) is 44.4 Å². The summed E-state index contributed by atoms with van der Waals surface area (Å²) in [6.45, 7) is 3.36. The average Bonchev–Trinajstić information content (AvgIpc) is 2.93. The monoisotopic (exact) mass is 432 g/mol. The average molecular weight is 432 g/mol. The maximum Gasteiger partial charge on any atom is 0.277 e. The number of rotatable bonds is 7. The van der Waals surface area contributed by atoms with Crippen LogP contribution in [0.25, 0.3) is 0 Å². The van der Waals surface area contributed by atoms with Crippen LogP contribution in [-0.4, -0.2) is 44.2 Å². The summed E-state index contributed by atoms with van der Waals surface area (Å²) in [5.41, 5.74) is 0.169. The molecule has 0 aliphatic carbocycles. The smallest absolute Gasteiger partial charge is 0.277 e. The predicted molar refractivity (Wildman–Crippen MR) is 108 cm³/mol. The minimum atomic E-state index is -4.35. The van der Waals surface area contributed by atoms with Crippen molar-refractivity contribution in [3.05, 3.63) is 53.1 Å². The lowest BCUT2D eigenvalue weighted by Crippen LogP contribution is -2.37. The number of carbonyl (C=O) groups excluding carboxylic acids is 3. The largest absolute Gasteiger partial charge is 0.493 e. The Bertz CT molecular complexity index is 1140. The van der Waals surface area contributed by atoms with Gasteiger partial charge in [-0.2, -0.15) is 4.31 Å². The number of anilines is 1. The highest BCUT2D eigenvalue weighted by Gasteiger charge is 2.44. The van der Waals surface area contributed by atoms with Crippen LogP contribution in [0.5, 0.6) is 11.5 Å². The molecule has 30 heavy (non-hydrogen) atoms. The van der Waals surface area contributed by atoms with Gasteiger partial charge in [-0.25, -0.2) is 8.42 Å². The van der Waals surface area contributed by atoms with E-state index in [1.807, 2.05) is 0 Å². The number of hydrogen-bond donors (Lipinski definition) is 1. The van der Waals surface area contributed by atoms with E-state index in [2.05, 4.69) is 5.32 Å². The second kappa shape index (κ2) is 8.15. The van der Waals surface area contributed by atoms with Gasteiger partial charge in [0.05, 0.1) is 36.3 Å². The van der Waals surface area contributed by atoms with Crippen molar-refractivity contribution in [1.82, 2.24) is 4.31 Å². The number of carbonyl (C=O) groups is 3. The molecule has 0 unspecified atom stereocenters. The van der Waals surface area contributed by atoms with Crippen molar-refractivity contribution in [2.24, 2.45) is 0 Å². The van der Waals surface area contributed by atoms with Crippen LogP contribution in [0.4, 0.5) is 5.69 Å². The first-order valence-corrected chi connectivity index (χ1v) is 10.6. The van der Waals surface area contributed by atoms with Crippen molar-refractivity contribution >= 4 is 33.4 Å². The third-order valence-corrected chi connectivity index (χ3v) is 5.93. The summed E-state index contributed by atoms with van der Waals surface area (Å²) < 4.78 is 36.8. The maximum absolute atomic E-state index is 13.0. The van der Waals surface area contributed by atoms with E-state index in [0.717, 1.165) is 0 Å². The van der Waals surface area contributed by atoms with Crippen molar-refractivity contribution in [2.75, 3.05) is 19.0 Å². The van der Waals surface area contributed by atoms with Crippen LogP contribution in [0.3, 0.4) is 0 Å². The molecule has 1 heterocycles. The molecule has 0 bridgehead atoms. The molecule has 3 rings (SSSR count). The molecule has 0 spiro atoms. The lowest BCUT2D eigenvalue weighted by Gasteiger charge is -2.16. The van der Waals surface area contributed by atoms with Crippen LogP contribution in [0, 0.1) is 0 Å². The molecule has 1 N–H and O–H groups in total. The molecule has 0 aromatic heterocycles. The van der Waals surface area contributed by atoms with Crippen LogP contribution in [0.15, 0.2) is 36.4 Å². The van der Waals surface area contributed by atoms with Gasteiger partial charge in [0.15, 0.2) is 11.5 Å². The fraction of sp³-hybridized carbons (Fsp3) is 0.250. The maximum atomic E-state index is 13.0. The van der Waals surface area contributed by atoms with Gasteiger partial charge in [-0.05, 0) is 36.8 Å². The van der Waals surface area contributed by atoms with Gasteiger partial charge in [0.1, 0.15) is 0 Å². The van der Waals surface area contributed by atoms with Crippen molar-refractivity contribution < 1.29 is 32.3 Å². The fourth-order valence-electron chi connectivity index (χ4n) is 3.16. The lowest BCUT2D eigenvalue weighted by molar-refractivity contribution is -0.114. The van der Waals surface area contributed by atoms with Crippen molar-refractivity contribution in [2.45, 2.75) is 19.6 Å². The van der Waals surface area contributed by atoms with E-state index < -0.39 is 33.5 Å². The molecule has 3 amide bonds. The number of benzene rings is 2. The van der Waals surface area contributed by atoms with Gasteiger partial charge in [0, 0.05) is 6.92 Å². The van der Waals surface area contributed by atoms with Gasteiger partial charge in [-0.3, -0.25) is 14.4 Å². The number of fused-ring (bicyclic) bond motifs is 1. The highest BCUT2D eigenvalue weighted by atomic mass is 32.2. The molecule has 1 aliphatic rings. The number of hydrogen-bond acceptors (Lipinski definition) is 7. The minimum absolute atomic E-state index is 0.0825. The van der Waals surface area contributed by atoms with Gasteiger partial charge in [-0.15, -0.1) is 0 Å². The molecule has 0 saturated heterocycles. The van der Waals surface area contributed by atoms with E-state index in [1.54, 1.807) is 13.0 Å². The second-order valence-electron chi connectivity index (χ2n) is 6.46. The highest BCUT2D eigenvalue weighted by molar-refractivity contribution is 7.89. The molecule has 0 atom stereocenters. The van der Waals surface area contributed by atoms with Gasteiger partial charge < -0.3 is 14.8 Å². The zero-order valence-electron chi connectivity index (χ0n) is 16.6. The van der Waals surface area contributed by atoms with Crippen molar-refractivity contribution in [1.29, 1.82) is 0 Å². The van der Waals surface area contributed by atoms with Gasteiger partial charge >= 0.3 is 0 Å². The highest BCUT2D eigenvalue weighted by Crippen LogP contribution is 2.33. The lowest BCUT2D eigenvalue weighted by atomic mass is 10.1. The molecule has 0 fully saturated rings. The van der Waals surface area contributed by atoms with E-state index >= 15 is 0 Å². The third kappa shape index (κ3) is 3.86. The van der Waals surface area contributed by atoms with Gasteiger partial charge in [0.2, 0.25) is 15.9 Å². The Labute approximate surface area is 173 Å². The van der Waals surface area contributed by atoms with E-state index in [4.69, 9.17) is 9.47 Å². The molecule has 9 nitrogen and oxygen atoms in total. The van der Waals surface area contributed by atoms with Crippen LogP contribution >= 0.6 is 0 Å². The Morgan fingerprint density at radius 2 is 1.83 bits per heavy atom. The molecule has 10 heteroatoms. The SMILES string of the molecule is CCOc1cc(CS(=O)(=O)N2C(=O)c3cccc(NC(C)=O)c3C2=O)ccc1OC. The van der Waals surface area contributed by atoms with E-state index in [0.29, 0.717) is 23.7 Å². The van der Waals surface area contributed by atoms with Crippen LogP contribution < -0.4 is 14.8 Å². The number of ether oxygens (including phenoxy) is 2. The standard InChI is InChI=1S/C20H20N2O7S/c1-4-29-17-10-13(8-9-16(17)28-3)11-30(26,27)22-19(24)14-6-5-7-15(21-12(2)23)18(14)20(22)25/h5-10H,4,11H2,1-3H3,(H,21,23). The summed E-state index contributed by atoms with van der Waals surface area (Å²) in [6, 6.07) is 8.79. The molecule has 0 saturated carbocycles. The van der Waals surface area contributed by atoms with Gasteiger partial charge in [-0.1, -0.05) is 12.1 Å². The van der Waals surface area contributed by atoms with Crippen LogP contribution in [0.2, 0.25) is 0 Å². The Morgan fingerprint density at radius 1 is 1.10 bits per heavy atom. The topological polar surface area (TPSA) is 119 Å². The van der Waals surface area contributed by atoms with Gasteiger partial charge in [0.25, 0.3) is 11.8 Å². The number of amides is 3. The number of nitrogens with zero attached hydrogens (tertiary/aromatic N) is 1. The zero-order chi connectivity index (χ0) is 22.1. The number of imide groups is 1. The normalized spacial score (nSPS) is 13.2. The Kier molecular flexibility index (Phi) is 5.79. The Balaban J connectivity index is 1.96. The zero-order valence-corrected chi connectivity index (χ0v) is 17.4. The van der Waals surface area contributed by atoms with Crippen molar-refractivity contribution in [3.63, 3.8) is 0 Å². The van der Waals surface area contributed by atoms with Crippen molar-refractivity contribution in [3.8, 4) is 11.5 Å². The molecule has 0 radical (unpaired) electrons. The Morgan fingerprint density at radius 3 is 2.47 bits per heavy atom. The molecule has 158 valence electrons. The first-order chi connectivity index (χ1) is 14.2. The summed E-state index contributed by atoms with van der Waals surface area (Å²) in [6.07, 6.45) is 0.